The summed E-state index contributed by atoms with van der Waals surface area (Å²) in [4.78, 5) is 8.69. The number of thiazole rings is 1. The molecular formula is C11H17N3S2. The Labute approximate surface area is 105 Å². The van der Waals surface area contributed by atoms with Crippen molar-refractivity contribution in [1.29, 1.82) is 0 Å². The van der Waals surface area contributed by atoms with Gasteiger partial charge in [-0.15, -0.1) is 11.3 Å². The number of hydrogen-bond acceptors (Lipinski definition) is 5. The molecule has 3 heterocycles. The summed E-state index contributed by atoms with van der Waals surface area (Å²) in [6.07, 6.45) is 1.13. The molecule has 0 spiro atoms. The zero-order valence-electron chi connectivity index (χ0n) is 9.53. The molecule has 1 unspecified atom stereocenters. The van der Waals surface area contributed by atoms with E-state index in [2.05, 4.69) is 17.3 Å². The fourth-order valence-electron chi connectivity index (χ4n) is 2.22. The van der Waals surface area contributed by atoms with E-state index >= 15 is 0 Å². The van der Waals surface area contributed by atoms with E-state index in [-0.39, 0.29) is 0 Å². The minimum Gasteiger partial charge on any atom is -0.306 e. The van der Waals surface area contributed by atoms with Crippen LogP contribution in [0.1, 0.15) is 21.6 Å². The maximum atomic E-state index is 4.82. The van der Waals surface area contributed by atoms with Crippen molar-refractivity contribution in [2.45, 2.75) is 19.0 Å². The molecule has 0 aliphatic carbocycles. The van der Waals surface area contributed by atoms with Crippen molar-refractivity contribution in [3.05, 3.63) is 15.6 Å². The lowest BCUT2D eigenvalue weighted by atomic mass is 10.2. The Morgan fingerprint density at radius 1 is 1.50 bits per heavy atom. The second kappa shape index (κ2) is 4.64. The van der Waals surface area contributed by atoms with E-state index in [9.17, 15) is 0 Å². The van der Waals surface area contributed by atoms with E-state index < -0.39 is 0 Å². The number of likely N-dealkylation sites (N-methyl/N-ethyl adjacent to an activating group) is 1. The van der Waals surface area contributed by atoms with Crippen LogP contribution in [0.3, 0.4) is 0 Å². The van der Waals surface area contributed by atoms with Crippen LogP contribution in [0.15, 0.2) is 0 Å². The van der Waals surface area contributed by atoms with Gasteiger partial charge >= 0.3 is 0 Å². The predicted molar refractivity (Wildman–Crippen MR) is 70.2 cm³/mol. The highest BCUT2D eigenvalue weighted by molar-refractivity contribution is 7.99. The smallest absolute Gasteiger partial charge is 0.111 e. The zero-order valence-corrected chi connectivity index (χ0v) is 11.2. The molecule has 1 saturated heterocycles. The molecule has 2 aliphatic rings. The van der Waals surface area contributed by atoms with Crippen LogP contribution in [0.5, 0.6) is 0 Å². The van der Waals surface area contributed by atoms with Crippen molar-refractivity contribution in [2.24, 2.45) is 0 Å². The van der Waals surface area contributed by atoms with E-state index in [0.29, 0.717) is 6.04 Å². The van der Waals surface area contributed by atoms with Gasteiger partial charge in [0.1, 0.15) is 5.01 Å². The molecule has 0 aromatic carbocycles. The third-order valence-electron chi connectivity index (χ3n) is 3.16. The highest BCUT2D eigenvalue weighted by Gasteiger charge is 2.23. The van der Waals surface area contributed by atoms with Gasteiger partial charge < -0.3 is 10.2 Å². The second-order valence-electron chi connectivity index (χ2n) is 4.49. The lowest BCUT2D eigenvalue weighted by molar-refractivity contribution is 0.314. The minimum atomic E-state index is 0.500. The van der Waals surface area contributed by atoms with Crippen LogP contribution in [-0.4, -0.2) is 41.5 Å². The third-order valence-corrected chi connectivity index (χ3v) is 5.42. The Balaban J connectivity index is 1.80. The fourth-order valence-corrected chi connectivity index (χ4v) is 4.53. The summed E-state index contributed by atoms with van der Waals surface area (Å²) in [6, 6.07) is 0.500. The molecule has 1 N–H and O–H groups in total. The van der Waals surface area contributed by atoms with Crippen LogP contribution < -0.4 is 5.32 Å². The first-order valence-electron chi connectivity index (χ1n) is 5.81. The van der Waals surface area contributed by atoms with Crippen LogP contribution >= 0.6 is 23.1 Å². The second-order valence-corrected chi connectivity index (χ2v) is 6.76. The Hall–Kier alpha value is -0.100. The fraction of sp³-hybridized carbons (Fsp3) is 0.727. The molecule has 1 aromatic heterocycles. The SMILES string of the molecule is CN1CCc2nc(C3CSCCN3)sc2C1. The van der Waals surface area contributed by atoms with Gasteiger partial charge in [-0.25, -0.2) is 4.98 Å². The van der Waals surface area contributed by atoms with Crippen molar-refractivity contribution in [3.63, 3.8) is 0 Å². The Bertz CT molecular complexity index is 371. The van der Waals surface area contributed by atoms with Crippen molar-refractivity contribution in [1.82, 2.24) is 15.2 Å². The van der Waals surface area contributed by atoms with Gasteiger partial charge in [-0.05, 0) is 7.05 Å². The summed E-state index contributed by atoms with van der Waals surface area (Å²) in [5.41, 5.74) is 1.36. The summed E-state index contributed by atoms with van der Waals surface area (Å²) in [6.45, 7) is 3.37. The Kier molecular flexibility index (Phi) is 3.20. The Morgan fingerprint density at radius 2 is 2.44 bits per heavy atom. The molecule has 0 radical (unpaired) electrons. The van der Waals surface area contributed by atoms with E-state index in [1.807, 2.05) is 23.1 Å². The highest BCUT2D eigenvalue weighted by atomic mass is 32.2. The third kappa shape index (κ3) is 2.14. The summed E-state index contributed by atoms with van der Waals surface area (Å²) in [5.74, 6) is 2.42. The van der Waals surface area contributed by atoms with E-state index in [0.717, 1.165) is 26.1 Å². The summed E-state index contributed by atoms with van der Waals surface area (Å²) in [5, 5.41) is 4.88. The number of nitrogens with one attached hydrogen (secondary N) is 1. The molecule has 5 heteroatoms. The van der Waals surface area contributed by atoms with Gasteiger partial charge in [-0.3, -0.25) is 0 Å². The van der Waals surface area contributed by atoms with Crippen LogP contribution in [-0.2, 0) is 13.0 Å². The molecule has 88 valence electrons. The van der Waals surface area contributed by atoms with E-state index in [1.165, 1.54) is 27.1 Å². The van der Waals surface area contributed by atoms with Crippen LogP contribution in [0.4, 0.5) is 0 Å². The first kappa shape index (κ1) is 11.0. The maximum Gasteiger partial charge on any atom is 0.111 e. The molecule has 0 bridgehead atoms. The maximum absolute atomic E-state index is 4.82. The largest absolute Gasteiger partial charge is 0.306 e. The number of nitrogens with zero attached hydrogens (tertiary/aromatic N) is 2. The Morgan fingerprint density at radius 3 is 3.25 bits per heavy atom. The van der Waals surface area contributed by atoms with Gasteiger partial charge in [0, 0.05) is 42.4 Å². The molecule has 1 aromatic rings. The molecule has 0 amide bonds. The standard InChI is InChI=1S/C11H17N3S2/c1-14-4-2-8-10(6-14)16-11(13-8)9-7-15-5-3-12-9/h9,12H,2-7H2,1H3. The molecule has 2 aliphatic heterocycles. The zero-order chi connectivity index (χ0) is 11.0. The van der Waals surface area contributed by atoms with Crippen molar-refractivity contribution in [3.8, 4) is 0 Å². The minimum absolute atomic E-state index is 0.500. The predicted octanol–water partition coefficient (Wildman–Crippen LogP) is 1.51. The van der Waals surface area contributed by atoms with Crippen LogP contribution in [0.25, 0.3) is 0 Å². The van der Waals surface area contributed by atoms with Crippen molar-refractivity contribution in [2.75, 3.05) is 31.6 Å². The number of hydrogen-bond donors (Lipinski definition) is 1. The number of fused-ring (bicyclic) bond motifs is 1. The number of aromatic nitrogens is 1. The molecule has 3 rings (SSSR count). The molecular weight excluding hydrogens is 238 g/mol. The topological polar surface area (TPSA) is 28.2 Å². The molecule has 1 fully saturated rings. The number of rotatable bonds is 1. The average Bonchev–Trinajstić information content (AvgIpc) is 2.73. The van der Waals surface area contributed by atoms with Gasteiger partial charge in [0.25, 0.3) is 0 Å². The molecule has 3 nitrogen and oxygen atoms in total. The van der Waals surface area contributed by atoms with E-state index in [4.69, 9.17) is 4.98 Å². The van der Waals surface area contributed by atoms with Gasteiger partial charge in [0.2, 0.25) is 0 Å². The quantitative estimate of drug-likeness (QED) is 0.823. The first-order chi connectivity index (χ1) is 7.83. The lowest BCUT2D eigenvalue weighted by Gasteiger charge is -2.20. The molecule has 16 heavy (non-hydrogen) atoms. The van der Waals surface area contributed by atoms with Crippen LogP contribution in [0.2, 0.25) is 0 Å². The first-order valence-corrected chi connectivity index (χ1v) is 7.78. The number of thioether (sulfide) groups is 1. The molecule has 0 saturated carbocycles. The lowest BCUT2D eigenvalue weighted by Crippen LogP contribution is -2.30. The summed E-state index contributed by atoms with van der Waals surface area (Å²) < 4.78 is 0. The van der Waals surface area contributed by atoms with Gasteiger partial charge in [0.05, 0.1) is 11.7 Å². The van der Waals surface area contributed by atoms with Crippen LogP contribution in [0, 0.1) is 0 Å². The van der Waals surface area contributed by atoms with Gasteiger partial charge in [-0.2, -0.15) is 11.8 Å². The van der Waals surface area contributed by atoms with Gasteiger partial charge in [-0.1, -0.05) is 0 Å². The normalized spacial score (nSPS) is 26.7. The molecule has 1 atom stereocenters. The van der Waals surface area contributed by atoms with E-state index in [1.54, 1.807) is 0 Å². The monoisotopic (exact) mass is 255 g/mol. The van der Waals surface area contributed by atoms with Gasteiger partial charge in [0.15, 0.2) is 0 Å². The summed E-state index contributed by atoms with van der Waals surface area (Å²) in [7, 11) is 2.19. The summed E-state index contributed by atoms with van der Waals surface area (Å²) >= 11 is 3.96. The van der Waals surface area contributed by atoms with Crippen molar-refractivity contribution >= 4 is 23.1 Å². The average molecular weight is 255 g/mol. The highest BCUT2D eigenvalue weighted by Crippen LogP contribution is 2.30. The van der Waals surface area contributed by atoms with Crippen molar-refractivity contribution < 1.29 is 0 Å².